The van der Waals surface area contributed by atoms with Crippen molar-refractivity contribution in [2.24, 2.45) is 5.92 Å². The fraction of sp³-hybridized carbons (Fsp3) is 0.565. The van der Waals surface area contributed by atoms with Gasteiger partial charge in [0.2, 0.25) is 0 Å². The Labute approximate surface area is 154 Å². The van der Waals surface area contributed by atoms with Gasteiger partial charge < -0.3 is 0 Å². The summed E-state index contributed by atoms with van der Waals surface area (Å²) in [7, 11) is 0. The SMILES string of the molecule is CCCCCCC(F)C1CCC(F)C(F)C1c1cccc2ccccc12. The van der Waals surface area contributed by atoms with Gasteiger partial charge in [0.05, 0.1) is 0 Å². The summed E-state index contributed by atoms with van der Waals surface area (Å²) in [4.78, 5) is 0. The molecular weight excluding hydrogens is 333 g/mol. The maximum atomic E-state index is 15.1. The minimum atomic E-state index is -1.63. The van der Waals surface area contributed by atoms with Crippen LogP contribution in [-0.2, 0) is 0 Å². The van der Waals surface area contributed by atoms with Gasteiger partial charge in [0.25, 0.3) is 0 Å². The van der Waals surface area contributed by atoms with Crippen LogP contribution in [-0.4, -0.2) is 18.5 Å². The first-order chi connectivity index (χ1) is 12.6. The lowest BCUT2D eigenvalue weighted by atomic mass is 9.70. The first-order valence-corrected chi connectivity index (χ1v) is 10.0. The smallest absolute Gasteiger partial charge is 0.138 e. The van der Waals surface area contributed by atoms with Crippen LogP contribution in [0.2, 0.25) is 0 Å². The summed E-state index contributed by atoms with van der Waals surface area (Å²) in [5, 5.41) is 1.91. The molecule has 2 aromatic carbocycles. The van der Waals surface area contributed by atoms with E-state index in [1.165, 1.54) is 0 Å². The Hall–Kier alpha value is -1.51. The van der Waals surface area contributed by atoms with E-state index in [9.17, 15) is 8.78 Å². The van der Waals surface area contributed by atoms with Crippen LogP contribution in [0.1, 0.15) is 63.4 Å². The average Bonchev–Trinajstić information content (AvgIpc) is 2.67. The van der Waals surface area contributed by atoms with E-state index in [1.54, 1.807) is 0 Å². The van der Waals surface area contributed by atoms with E-state index in [2.05, 4.69) is 6.92 Å². The zero-order valence-electron chi connectivity index (χ0n) is 15.5. The lowest BCUT2D eigenvalue weighted by molar-refractivity contribution is 0.0305. The number of rotatable bonds is 7. The summed E-state index contributed by atoms with van der Waals surface area (Å²) < 4.78 is 44.2. The second kappa shape index (κ2) is 8.92. The van der Waals surface area contributed by atoms with Crippen molar-refractivity contribution in [2.75, 3.05) is 0 Å². The molecule has 3 heteroatoms. The molecule has 0 amide bonds. The zero-order valence-corrected chi connectivity index (χ0v) is 15.5. The van der Waals surface area contributed by atoms with Gasteiger partial charge in [-0.15, -0.1) is 0 Å². The van der Waals surface area contributed by atoms with Crippen LogP contribution in [0.4, 0.5) is 13.2 Å². The predicted octanol–water partition coefficient (Wildman–Crippen LogP) is 7.32. The number of halogens is 3. The van der Waals surface area contributed by atoms with Crippen molar-refractivity contribution in [3.63, 3.8) is 0 Å². The van der Waals surface area contributed by atoms with Crippen molar-refractivity contribution < 1.29 is 13.2 Å². The topological polar surface area (TPSA) is 0 Å². The number of unbranched alkanes of at least 4 members (excludes halogenated alkanes) is 3. The molecule has 0 bridgehead atoms. The zero-order chi connectivity index (χ0) is 18.5. The van der Waals surface area contributed by atoms with E-state index in [0.717, 1.165) is 42.0 Å². The molecule has 1 saturated carbocycles. The minimum absolute atomic E-state index is 0.127. The molecule has 0 radical (unpaired) electrons. The van der Waals surface area contributed by atoms with Gasteiger partial charge >= 0.3 is 0 Å². The van der Waals surface area contributed by atoms with Crippen LogP contribution >= 0.6 is 0 Å². The van der Waals surface area contributed by atoms with Gasteiger partial charge in [-0.3, -0.25) is 0 Å². The number of hydrogen-bond donors (Lipinski definition) is 0. The van der Waals surface area contributed by atoms with E-state index >= 15 is 4.39 Å². The van der Waals surface area contributed by atoms with Crippen LogP contribution in [0.25, 0.3) is 10.8 Å². The summed E-state index contributed by atoms with van der Waals surface area (Å²) in [6, 6.07) is 13.4. The van der Waals surface area contributed by atoms with Crippen LogP contribution in [0.3, 0.4) is 0 Å². The Kier molecular flexibility index (Phi) is 6.61. The summed E-state index contributed by atoms with van der Waals surface area (Å²) in [5.74, 6) is -1.14. The van der Waals surface area contributed by atoms with Gasteiger partial charge in [0.1, 0.15) is 18.5 Å². The number of fused-ring (bicyclic) bond motifs is 1. The maximum absolute atomic E-state index is 15.1. The summed E-state index contributed by atoms with van der Waals surface area (Å²) >= 11 is 0. The lowest BCUT2D eigenvalue weighted by Gasteiger charge is -2.38. The third kappa shape index (κ3) is 4.07. The van der Waals surface area contributed by atoms with Gasteiger partial charge in [0, 0.05) is 5.92 Å². The molecule has 0 heterocycles. The van der Waals surface area contributed by atoms with Crippen molar-refractivity contribution in [1.29, 1.82) is 0 Å². The van der Waals surface area contributed by atoms with Crippen LogP contribution in [0.5, 0.6) is 0 Å². The molecule has 1 fully saturated rings. The largest absolute Gasteiger partial charge is 0.247 e. The molecule has 0 N–H and O–H groups in total. The second-order valence-electron chi connectivity index (χ2n) is 7.66. The molecule has 142 valence electrons. The van der Waals surface area contributed by atoms with Crippen LogP contribution in [0, 0.1) is 5.92 Å². The Morgan fingerprint density at radius 2 is 1.73 bits per heavy atom. The van der Waals surface area contributed by atoms with Gasteiger partial charge in [-0.05, 0) is 41.5 Å². The van der Waals surface area contributed by atoms with Crippen molar-refractivity contribution in [3.8, 4) is 0 Å². The number of benzene rings is 2. The predicted molar refractivity (Wildman–Crippen MR) is 103 cm³/mol. The molecule has 1 aliphatic carbocycles. The molecule has 26 heavy (non-hydrogen) atoms. The fourth-order valence-electron chi connectivity index (χ4n) is 4.48. The molecule has 0 spiro atoms. The van der Waals surface area contributed by atoms with E-state index in [4.69, 9.17) is 0 Å². The van der Waals surface area contributed by atoms with Gasteiger partial charge in [-0.1, -0.05) is 75.1 Å². The summed E-state index contributed by atoms with van der Waals surface area (Å²) in [5.41, 5.74) is 0.763. The van der Waals surface area contributed by atoms with Crippen molar-refractivity contribution in [1.82, 2.24) is 0 Å². The van der Waals surface area contributed by atoms with E-state index < -0.39 is 30.4 Å². The number of alkyl halides is 3. The van der Waals surface area contributed by atoms with E-state index in [1.807, 2.05) is 42.5 Å². The average molecular weight is 362 g/mol. The standard InChI is InChI=1S/C23H29F3/c1-2-3-4-5-13-20(24)19-14-15-21(25)23(26)22(19)18-12-8-10-16-9-6-7-11-17(16)18/h6-12,19-23H,2-5,13-15H2,1H3. The summed E-state index contributed by atoms with van der Waals surface area (Å²) in [6.45, 7) is 2.12. The third-order valence-electron chi connectivity index (χ3n) is 5.91. The highest BCUT2D eigenvalue weighted by molar-refractivity contribution is 5.86. The monoisotopic (exact) mass is 362 g/mol. The first-order valence-electron chi connectivity index (χ1n) is 10.0. The van der Waals surface area contributed by atoms with Crippen LogP contribution in [0.15, 0.2) is 42.5 Å². The molecule has 1 aliphatic rings. The lowest BCUT2D eigenvalue weighted by Crippen LogP contribution is -2.40. The highest BCUT2D eigenvalue weighted by atomic mass is 19.2. The Morgan fingerprint density at radius 1 is 0.962 bits per heavy atom. The molecule has 5 unspecified atom stereocenters. The normalized spacial score (nSPS) is 27.5. The molecule has 0 nitrogen and oxygen atoms in total. The number of hydrogen-bond acceptors (Lipinski definition) is 0. The molecule has 3 rings (SSSR count). The molecule has 0 saturated heterocycles. The van der Waals surface area contributed by atoms with Gasteiger partial charge in [-0.25, -0.2) is 13.2 Å². The highest BCUT2D eigenvalue weighted by Crippen LogP contribution is 2.46. The van der Waals surface area contributed by atoms with E-state index in [-0.39, 0.29) is 6.42 Å². The molecule has 5 atom stereocenters. The minimum Gasteiger partial charge on any atom is -0.247 e. The van der Waals surface area contributed by atoms with E-state index in [0.29, 0.717) is 12.8 Å². The maximum Gasteiger partial charge on any atom is 0.138 e. The fourth-order valence-corrected chi connectivity index (χ4v) is 4.48. The summed E-state index contributed by atoms with van der Waals surface area (Å²) in [6.07, 6.45) is 0.842. The quantitative estimate of drug-likeness (QED) is 0.453. The Balaban J connectivity index is 1.88. The highest BCUT2D eigenvalue weighted by Gasteiger charge is 2.44. The molecular formula is C23H29F3. The van der Waals surface area contributed by atoms with Crippen molar-refractivity contribution in [2.45, 2.75) is 76.3 Å². The van der Waals surface area contributed by atoms with Gasteiger partial charge in [-0.2, -0.15) is 0 Å². The van der Waals surface area contributed by atoms with Crippen LogP contribution < -0.4 is 0 Å². The molecule has 0 aromatic heterocycles. The third-order valence-corrected chi connectivity index (χ3v) is 5.91. The Morgan fingerprint density at radius 3 is 2.54 bits per heavy atom. The first kappa shape index (κ1) is 19.3. The molecule has 0 aliphatic heterocycles. The van der Waals surface area contributed by atoms with Gasteiger partial charge in [0.15, 0.2) is 0 Å². The molecule has 2 aromatic rings. The Bertz CT molecular complexity index is 693. The van der Waals surface area contributed by atoms with Crippen molar-refractivity contribution >= 4 is 10.8 Å². The second-order valence-corrected chi connectivity index (χ2v) is 7.66. The van der Waals surface area contributed by atoms with Crippen molar-refractivity contribution in [3.05, 3.63) is 48.0 Å².